The van der Waals surface area contributed by atoms with E-state index >= 15 is 0 Å². The fraction of sp³-hybridized carbons (Fsp3) is 0.900. The summed E-state index contributed by atoms with van der Waals surface area (Å²) in [5.74, 6) is 0.588. The molecule has 1 aliphatic rings. The predicted molar refractivity (Wildman–Crippen MR) is 56.4 cm³/mol. The Morgan fingerprint density at radius 1 is 1.50 bits per heavy atom. The lowest BCUT2D eigenvalue weighted by atomic mass is 9.93. The first kappa shape index (κ1) is 11.8. The average Bonchev–Trinajstić information content (AvgIpc) is 2.15. The number of nitrogens with one attached hydrogen (secondary N) is 1. The van der Waals surface area contributed by atoms with Crippen LogP contribution < -0.4 is 5.32 Å². The zero-order chi connectivity index (χ0) is 10.4. The summed E-state index contributed by atoms with van der Waals surface area (Å²) in [6.07, 6.45) is 4.55. The summed E-state index contributed by atoms with van der Waals surface area (Å²) in [5, 5.41) is 12.3. The topological polar surface area (TPSA) is 49.3 Å². The van der Waals surface area contributed by atoms with Crippen LogP contribution in [0.4, 0.5) is 0 Å². The molecule has 0 radical (unpaired) electrons. The first-order valence-electron chi connectivity index (χ1n) is 5.25. The van der Waals surface area contributed by atoms with Gasteiger partial charge in [0.25, 0.3) is 0 Å². The van der Waals surface area contributed by atoms with Gasteiger partial charge in [-0.2, -0.15) is 0 Å². The summed E-state index contributed by atoms with van der Waals surface area (Å²) >= 11 is 5.49. The van der Waals surface area contributed by atoms with Crippen LogP contribution in [0.15, 0.2) is 0 Å². The molecule has 1 fully saturated rings. The van der Waals surface area contributed by atoms with Crippen molar-refractivity contribution in [2.24, 2.45) is 0 Å². The molecule has 2 unspecified atom stereocenters. The number of alkyl halides is 1. The summed E-state index contributed by atoms with van der Waals surface area (Å²) in [5.41, 5.74) is 0. The van der Waals surface area contributed by atoms with Crippen LogP contribution >= 0.6 is 11.6 Å². The first-order valence-corrected chi connectivity index (χ1v) is 5.79. The van der Waals surface area contributed by atoms with Crippen LogP contribution in [0, 0.1) is 0 Å². The molecule has 0 aromatic carbocycles. The largest absolute Gasteiger partial charge is 0.393 e. The Morgan fingerprint density at radius 2 is 2.29 bits per heavy atom. The van der Waals surface area contributed by atoms with Crippen molar-refractivity contribution in [3.63, 3.8) is 0 Å². The molecule has 14 heavy (non-hydrogen) atoms. The van der Waals surface area contributed by atoms with Gasteiger partial charge >= 0.3 is 0 Å². The maximum atomic E-state index is 11.3. The van der Waals surface area contributed by atoms with Crippen LogP contribution in [0.2, 0.25) is 0 Å². The number of rotatable bonds is 4. The Kier molecular flexibility index (Phi) is 5.26. The number of hydrogen-bond acceptors (Lipinski definition) is 2. The van der Waals surface area contributed by atoms with Gasteiger partial charge in [-0.05, 0) is 32.1 Å². The lowest BCUT2D eigenvalue weighted by molar-refractivity contribution is -0.122. The SMILES string of the molecule is O=C(CCCCl)NC1CCCC(O)C1. The zero-order valence-corrected chi connectivity index (χ0v) is 9.09. The monoisotopic (exact) mass is 219 g/mol. The lowest BCUT2D eigenvalue weighted by Crippen LogP contribution is -2.39. The molecule has 0 saturated heterocycles. The van der Waals surface area contributed by atoms with Crippen molar-refractivity contribution in [2.45, 2.75) is 50.7 Å². The molecule has 0 bridgehead atoms. The standard InChI is InChI=1S/C10H18ClNO2/c11-6-2-5-10(14)12-8-3-1-4-9(13)7-8/h8-9,13H,1-7H2,(H,12,14). The molecule has 2 N–H and O–H groups in total. The van der Waals surface area contributed by atoms with Gasteiger partial charge < -0.3 is 10.4 Å². The van der Waals surface area contributed by atoms with Gasteiger partial charge in [-0.15, -0.1) is 11.6 Å². The van der Waals surface area contributed by atoms with Crippen molar-refractivity contribution in [2.75, 3.05) is 5.88 Å². The van der Waals surface area contributed by atoms with Crippen LogP contribution in [-0.4, -0.2) is 29.0 Å². The molecule has 0 aromatic heterocycles. The maximum absolute atomic E-state index is 11.3. The van der Waals surface area contributed by atoms with Gasteiger partial charge in [-0.25, -0.2) is 0 Å². The van der Waals surface area contributed by atoms with E-state index in [0.717, 1.165) is 25.7 Å². The molecule has 1 aliphatic carbocycles. The van der Waals surface area contributed by atoms with Crippen molar-refractivity contribution >= 4 is 17.5 Å². The Balaban J connectivity index is 2.18. The Labute approximate surface area is 89.8 Å². The van der Waals surface area contributed by atoms with Crippen molar-refractivity contribution < 1.29 is 9.90 Å². The van der Waals surface area contributed by atoms with E-state index in [1.807, 2.05) is 0 Å². The van der Waals surface area contributed by atoms with Gasteiger partial charge in [0.15, 0.2) is 0 Å². The molecule has 0 aromatic rings. The van der Waals surface area contributed by atoms with E-state index in [2.05, 4.69) is 5.32 Å². The van der Waals surface area contributed by atoms with Gasteiger partial charge in [0.05, 0.1) is 6.10 Å². The van der Waals surface area contributed by atoms with Crippen LogP contribution in [0.25, 0.3) is 0 Å². The van der Waals surface area contributed by atoms with Crippen LogP contribution in [0.1, 0.15) is 38.5 Å². The van der Waals surface area contributed by atoms with Gasteiger partial charge in [-0.3, -0.25) is 4.79 Å². The lowest BCUT2D eigenvalue weighted by Gasteiger charge is -2.26. The molecule has 0 spiro atoms. The van der Waals surface area contributed by atoms with Gasteiger partial charge in [-0.1, -0.05) is 0 Å². The summed E-state index contributed by atoms with van der Waals surface area (Å²) in [7, 11) is 0. The predicted octanol–water partition coefficient (Wildman–Crippen LogP) is 1.43. The number of amides is 1. The normalized spacial score (nSPS) is 27.3. The fourth-order valence-corrected chi connectivity index (χ4v) is 1.96. The minimum absolute atomic E-state index is 0.0600. The van der Waals surface area contributed by atoms with Gasteiger partial charge in [0.2, 0.25) is 5.91 Å². The molecule has 0 heterocycles. The second kappa shape index (κ2) is 6.25. The molecule has 82 valence electrons. The molecule has 2 atom stereocenters. The Hall–Kier alpha value is -0.280. The smallest absolute Gasteiger partial charge is 0.220 e. The highest BCUT2D eigenvalue weighted by Gasteiger charge is 2.21. The van der Waals surface area contributed by atoms with E-state index < -0.39 is 0 Å². The third-order valence-corrected chi connectivity index (χ3v) is 2.82. The number of hydrogen-bond donors (Lipinski definition) is 2. The van der Waals surface area contributed by atoms with Crippen molar-refractivity contribution in [3.8, 4) is 0 Å². The van der Waals surface area contributed by atoms with Gasteiger partial charge in [0, 0.05) is 18.3 Å². The molecule has 0 aliphatic heterocycles. The van der Waals surface area contributed by atoms with E-state index in [-0.39, 0.29) is 18.1 Å². The van der Waals surface area contributed by atoms with E-state index in [1.54, 1.807) is 0 Å². The summed E-state index contributed by atoms with van der Waals surface area (Å²) < 4.78 is 0. The number of aliphatic hydroxyl groups excluding tert-OH is 1. The maximum Gasteiger partial charge on any atom is 0.220 e. The van der Waals surface area contributed by atoms with Gasteiger partial charge in [0.1, 0.15) is 0 Å². The quantitative estimate of drug-likeness (QED) is 0.703. The van der Waals surface area contributed by atoms with Crippen LogP contribution in [0.3, 0.4) is 0 Å². The van der Waals surface area contributed by atoms with E-state index in [1.165, 1.54) is 0 Å². The number of carbonyl (C=O) groups excluding carboxylic acids is 1. The summed E-state index contributed by atoms with van der Waals surface area (Å²) in [6, 6.07) is 0.168. The number of halogens is 1. The third kappa shape index (κ3) is 4.29. The van der Waals surface area contributed by atoms with Crippen molar-refractivity contribution in [1.29, 1.82) is 0 Å². The highest BCUT2D eigenvalue weighted by molar-refractivity contribution is 6.17. The zero-order valence-electron chi connectivity index (χ0n) is 8.34. The van der Waals surface area contributed by atoms with Crippen molar-refractivity contribution in [3.05, 3.63) is 0 Å². The number of aliphatic hydroxyl groups is 1. The molecule has 1 rings (SSSR count). The summed E-state index contributed by atoms with van der Waals surface area (Å²) in [4.78, 5) is 11.3. The third-order valence-electron chi connectivity index (χ3n) is 2.55. The molecule has 1 saturated carbocycles. The fourth-order valence-electron chi connectivity index (χ4n) is 1.82. The second-order valence-electron chi connectivity index (χ2n) is 3.88. The molecule has 1 amide bonds. The average molecular weight is 220 g/mol. The minimum atomic E-state index is -0.234. The van der Waals surface area contributed by atoms with Crippen LogP contribution in [0.5, 0.6) is 0 Å². The minimum Gasteiger partial charge on any atom is -0.393 e. The molecule has 4 heteroatoms. The van der Waals surface area contributed by atoms with Crippen LogP contribution in [-0.2, 0) is 4.79 Å². The Morgan fingerprint density at radius 3 is 2.93 bits per heavy atom. The molecular formula is C10H18ClNO2. The highest BCUT2D eigenvalue weighted by atomic mass is 35.5. The van der Waals surface area contributed by atoms with E-state index in [4.69, 9.17) is 11.6 Å². The first-order chi connectivity index (χ1) is 6.72. The number of carbonyl (C=O) groups is 1. The summed E-state index contributed by atoms with van der Waals surface area (Å²) in [6.45, 7) is 0. The highest BCUT2D eigenvalue weighted by Crippen LogP contribution is 2.18. The molecular weight excluding hydrogens is 202 g/mol. The van der Waals surface area contributed by atoms with Crippen molar-refractivity contribution in [1.82, 2.24) is 5.32 Å². The molecule has 3 nitrogen and oxygen atoms in total. The Bertz CT molecular complexity index is 187. The van der Waals surface area contributed by atoms with E-state index in [9.17, 15) is 9.90 Å². The van der Waals surface area contributed by atoms with E-state index in [0.29, 0.717) is 18.7 Å². The second-order valence-corrected chi connectivity index (χ2v) is 4.26.